The number of anilines is 1. The highest BCUT2D eigenvalue weighted by atomic mass is 16.2. The molecule has 2 aliphatic rings. The van der Waals surface area contributed by atoms with Crippen LogP contribution in [0.3, 0.4) is 0 Å². The predicted molar refractivity (Wildman–Crippen MR) is 108 cm³/mol. The van der Waals surface area contributed by atoms with Crippen molar-refractivity contribution in [3.8, 4) is 0 Å². The van der Waals surface area contributed by atoms with Gasteiger partial charge < -0.3 is 20.0 Å². The van der Waals surface area contributed by atoms with Gasteiger partial charge in [-0.25, -0.2) is 0 Å². The molecule has 1 N–H and O–H groups in total. The molecule has 2 aliphatic heterocycles. The fourth-order valence-corrected chi connectivity index (χ4v) is 4.25. The normalized spacial score (nSPS) is 18.6. The van der Waals surface area contributed by atoms with Gasteiger partial charge in [-0.1, -0.05) is 25.1 Å². The Labute approximate surface area is 166 Å². The number of nitrogens with one attached hydrogen (secondary N) is 1. The molecular formula is C21H30N4O3. The zero-order chi connectivity index (χ0) is 20.1. The summed E-state index contributed by atoms with van der Waals surface area (Å²) < 4.78 is 0. The third-order valence-electron chi connectivity index (χ3n) is 5.70. The Bertz CT molecular complexity index is 714. The SMILES string of the molecule is CCCC(=O)N1CCC2(CC1)C(=O)N(CC(=O)NCC)CN2c1ccccc1. The highest BCUT2D eigenvalue weighted by molar-refractivity contribution is 5.96. The molecule has 2 fully saturated rings. The highest BCUT2D eigenvalue weighted by Crippen LogP contribution is 2.39. The average Bonchev–Trinajstić information content (AvgIpc) is 2.95. The van der Waals surface area contributed by atoms with Gasteiger partial charge in [-0.2, -0.15) is 0 Å². The number of rotatable bonds is 6. The lowest BCUT2D eigenvalue weighted by atomic mass is 9.85. The van der Waals surface area contributed by atoms with Crippen LogP contribution in [0.2, 0.25) is 0 Å². The van der Waals surface area contributed by atoms with E-state index in [1.165, 1.54) is 0 Å². The van der Waals surface area contributed by atoms with Crippen LogP contribution in [0.5, 0.6) is 0 Å². The monoisotopic (exact) mass is 386 g/mol. The molecule has 7 heteroatoms. The van der Waals surface area contributed by atoms with Crippen molar-refractivity contribution in [2.75, 3.05) is 37.7 Å². The second kappa shape index (κ2) is 8.63. The van der Waals surface area contributed by atoms with Crippen molar-refractivity contribution in [2.45, 2.75) is 45.1 Å². The van der Waals surface area contributed by atoms with E-state index in [1.54, 1.807) is 4.90 Å². The molecule has 0 unspecified atom stereocenters. The van der Waals surface area contributed by atoms with Gasteiger partial charge in [-0.05, 0) is 38.3 Å². The molecule has 0 bridgehead atoms. The van der Waals surface area contributed by atoms with Gasteiger partial charge in [0.2, 0.25) is 11.8 Å². The van der Waals surface area contributed by atoms with Gasteiger partial charge in [0.25, 0.3) is 5.91 Å². The van der Waals surface area contributed by atoms with E-state index in [2.05, 4.69) is 10.2 Å². The Morgan fingerprint density at radius 1 is 1.11 bits per heavy atom. The van der Waals surface area contributed by atoms with Crippen LogP contribution in [0, 0.1) is 0 Å². The molecule has 0 aromatic heterocycles. The minimum absolute atomic E-state index is 0.00908. The van der Waals surface area contributed by atoms with Gasteiger partial charge in [0.05, 0.1) is 6.67 Å². The summed E-state index contributed by atoms with van der Waals surface area (Å²) in [6, 6.07) is 9.87. The number of piperidine rings is 1. The predicted octanol–water partition coefficient (Wildman–Crippen LogP) is 1.59. The second-order valence-corrected chi connectivity index (χ2v) is 7.52. The summed E-state index contributed by atoms with van der Waals surface area (Å²) >= 11 is 0. The number of carbonyl (C=O) groups is 3. The van der Waals surface area contributed by atoms with Crippen molar-refractivity contribution in [3.63, 3.8) is 0 Å². The fraction of sp³-hybridized carbons (Fsp3) is 0.571. The molecule has 7 nitrogen and oxygen atoms in total. The van der Waals surface area contributed by atoms with Crippen LogP contribution in [-0.2, 0) is 14.4 Å². The van der Waals surface area contributed by atoms with Crippen molar-refractivity contribution in [2.24, 2.45) is 0 Å². The number of hydrogen-bond acceptors (Lipinski definition) is 4. The van der Waals surface area contributed by atoms with E-state index in [1.807, 2.05) is 49.1 Å². The van der Waals surface area contributed by atoms with Crippen LogP contribution in [0.15, 0.2) is 30.3 Å². The summed E-state index contributed by atoms with van der Waals surface area (Å²) in [6.07, 6.45) is 2.55. The minimum Gasteiger partial charge on any atom is -0.355 e. The maximum Gasteiger partial charge on any atom is 0.250 e. The molecule has 2 heterocycles. The average molecular weight is 386 g/mol. The Kier molecular flexibility index (Phi) is 6.21. The number of likely N-dealkylation sites (N-methyl/N-ethyl adjacent to an activating group) is 1. The Hall–Kier alpha value is -2.57. The quantitative estimate of drug-likeness (QED) is 0.806. The lowest BCUT2D eigenvalue weighted by Crippen LogP contribution is -2.57. The van der Waals surface area contributed by atoms with E-state index in [0.717, 1.165) is 12.1 Å². The standard InChI is InChI=1S/C21H30N4O3/c1-3-8-19(27)23-13-11-21(12-14-23)20(28)24(15-18(26)22-4-2)16-25(21)17-9-6-5-7-10-17/h5-7,9-10H,3-4,8,11-16H2,1-2H3,(H,22,26). The summed E-state index contributed by atoms with van der Waals surface area (Å²) in [6.45, 7) is 6.01. The molecule has 0 saturated carbocycles. The second-order valence-electron chi connectivity index (χ2n) is 7.52. The molecule has 2 saturated heterocycles. The van der Waals surface area contributed by atoms with Gasteiger partial charge in [-0.3, -0.25) is 14.4 Å². The van der Waals surface area contributed by atoms with Crippen LogP contribution in [0.25, 0.3) is 0 Å². The number of carbonyl (C=O) groups excluding carboxylic acids is 3. The van der Waals surface area contributed by atoms with E-state index >= 15 is 0 Å². The van der Waals surface area contributed by atoms with Crippen LogP contribution in [0.4, 0.5) is 5.69 Å². The number of benzene rings is 1. The van der Waals surface area contributed by atoms with Gasteiger partial charge in [0.1, 0.15) is 12.1 Å². The Morgan fingerprint density at radius 2 is 1.79 bits per heavy atom. The summed E-state index contributed by atoms with van der Waals surface area (Å²) in [5.41, 5.74) is 0.291. The molecule has 3 rings (SSSR count). The molecular weight excluding hydrogens is 356 g/mol. The smallest absolute Gasteiger partial charge is 0.250 e. The molecule has 1 aromatic rings. The molecule has 1 aromatic carbocycles. The van der Waals surface area contributed by atoms with Crippen molar-refractivity contribution in [1.82, 2.24) is 15.1 Å². The number of likely N-dealkylation sites (tertiary alicyclic amines) is 1. The summed E-state index contributed by atoms with van der Waals surface area (Å²) in [5, 5.41) is 2.77. The number of nitrogens with zero attached hydrogens (tertiary/aromatic N) is 3. The largest absolute Gasteiger partial charge is 0.355 e. The molecule has 3 amide bonds. The Morgan fingerprint density at radius 3 is 2.39 bits per heavy atom. The van der Waals surface area contributed by atoms with E-state index in [9.17, 15) is 14.4 Å². The van der Waals surface area contributed by atoms with E-state index in [0.29, 0.717) is 45.6 Å². The van der Waals surface area contributed by atoms with E-state index in [-0.39, 0.29) is 24.3 Å². The molecule has 152 valence electrons. The van der Waals surface area contributed by atoms with Crippen LogP contribution < -0.4 is 10.2 Å². The highest BCUT2D eigenvalue weighted by Gasteiger charge is 2.54. The van der Waals surface area contributed by atoms with Crippen LogP contribution >= 0.6 is 0 Å². The molecule has 0 radical (unpaired) electrons. The number of amides is 3. The van der Waals surface area contributed by atoms with Crippen molar-refractivity contribution in [1.29, 1.82) is 0 Å². The van der Waals surface area contributed by atoms with Crippen molar-refractivity contribution in [3.05, 3.63) is 30.3 Å². The maximum atomic E-state index is 13.4. The van der Waals surface area contributed by atoms with E-state index in [4.69, 9.17) is 0 Å². The van der Waals surface area contributed by atoms with Crippen LogP contribution in [0.1, 0.15) is 39.5 Å². The van der Waals surface area contributed by atoms with Gasteiger partial charge >= 0.3 is 0 Å². The first-order valence-corrected chi connectivity index (χ1v) is 10.2. The number of para-hydroxylation sites is 1. The molecule has 0 aliphatic carbocycles. The number of hydrogen-bond donors (Lipinski definition) is 1. The fourth-order valence-electron chi connectivity index (χ4n) is 4.25. The summed E-state index contributed by atoms with van der Waals surface area (Å²) in [4.78, 5) is 43.4. The lowest BCUT2D eigenvalue weighted by molar-refractivity contribution is -0.140. The van der Waals surface area contributed by atoms with Crippen LogP contribution in [-0.4, -0.2) is 65.9 Å². The summed E-state index contributed by atoms with van der Waals surface area (Å²) in [7, 11) is 0. The molecule has 28 heavy (non-hydrogen) atoms. The lowest BCUT2D eigenvalue weighted by Gasteiger charge is -2.43. The van der Waals surface area contributed by atoms with Gasteiger partial charge in [0, 0.05) is 31.7 Å². The molecule has 1 spiro atoms. The zero-order valence-electron chi connectivity index (χ0n) is 16.8. The van der Waals surface area contributed by atoms with E-state index < -0.39 is 5.54 Å². The maximum absolute atomic E-state index is 13.4. The molecule has 0 atom stereocenters. The minimum atomic E-state index is -0.684. The van der Waals surface area contributed by atoms with Gasteiger partial charge in [-0.15, -0.1) is 0 Å². The first-order valence-electron chi connectivity index (χ1n) is 10.2. The topological polar surface area (TPSA) is 73.0 Å². The first-order chi connectivity index (χ1) is 13.5. The zero-order valence-corrected chi connectivity index (χ0v) is 16.8. The first kappa shape index (κ1) is 20.2. The van der Waals surface area contributed by atoms with Crippen molar-refractivity contribution >= 4 is 23.4 Å². The van der Waals surface area contributed by atoms with Crippen molar-refractivity contribution < 1.29 is 14.4 Å². The third-order valence-corrected chi connectivity index (χ3v) is 5.70. The van der Waals surface area contributed by atoms with Gasteiger partial charge in [0.15, 0.2) is 0 Å². The third kappa shape index (κ3) is 3.84. The summed E-state index contributed by atoms with van der Waals surface area (Å²) in [5.74, 6) is 0.00917. The Balaban J connectivity index is 1.82.